The molecule has 1 aromatic rings. The second kappa shape index (κ2) is 9.19. The van der Waals surface area contributed by atoms with Gasteiger partial charge in [-0.2, -0.15) is 4.31 Å². The first kappa shape index (κ1) is 21.7. The molecule has 0 radical (unpaired) electrons. The van der Waals surface area contributed by atoms with Gasteiger partial charge in [0.1, 0.15) is 10.7 Å². The summed E-state index contributed by atoms with van der Waals surface area (Å²) in [5.74, 6) is -2.26. The van der Waals surface area contributed by atoms with Crippen LogP contribution in [-0.4, -0.2) is 63.0 Å². The predicted octanol–water partition coefficient (Wildman–Crippen LogP) is 1.45. The predicted molar refractivity (Wildman–Crippen MR) is 101 cm³/mol. The summed E-state index contributed by atoms with van der Waals surface area (Å²) < 4.78 is 51.1. The number of sulfonamides is 1. The van der Waals surface area contributed by atoms with Crippen molar-refractivity contribution >= 4 is 21.9 Å². The van der Waals surface area contributed by atoms with Gasteiger partial charge in [0.25, 0.3) is 5.91 Å². The average Bonchev–Trinajstić information content (AvgIpc) is 3.21. The van der Waals surface area contributed by atoms with Gasteiger partial charge in [-0.05, 0) is 38.0 Å². The van der Waals surface area contributed by atoms with E-state index in [9.17, 15) is 22.4 Å². The van der Waals surface area contributed by atoms with Crippen LogP contribution in [0.5, 0.6) is 0 Å². The van der Waals surface area contributed by atoms with E-state index in [1.165, 1.54) is 6.92 Å². The van der Waals surface area contributed by atoms with E-state index in [0.29, 0.717) is 0 Å². The number of ether oxygens (including phenoxy) is 2. The number of carbonyl (C=O) groups excluding carboxylic acids is 2. The number of esters is 1. The molecule has 10 heteroatoms. The Morgan fingerprint density at radius 3 is 2.55 bits per heavy atom. The molecular formula is C19H25FN2O6S. The second-order valence-electron chi connectivity index (χ2n) is 7.20. The fourth-order valence-electron chi connectivity index (χ4n) is 3.42. The second-order valence-corrected chi connectivity index (χ2v) is 9.11. The number of hydrogen-bond acceptors (Lipinski definition) is 6. The van der Waals surface area contributed by atoms with Crippen LogP contribution in [0.4, 0.5) is 4.39 Å². The number of halogens is 1. The Labute approximate surface area is 169 Å². The molecule has 2 aliphatic rings. The van der Waals surface area contributed by atoms with E-state index in [2.05, 4.69) is 5.32 Å². The van der Waals surface area contributed by atoms with Crippen LogP contribution >= 0.6 is 0 Å². The van der Waals surface area contributed by atoms with Gasteiger partial charge in [-0.1, -0.05) is 12.8 Å². The molecule has 0 unspecified atom stereocenters. The third kappa shape index (κ3) is 5.12. The Bertz CT molecular complexity index is 863. The van der Waals surface area contributed by atoms with Crippen LogP contribution in [-0.2, 0) is 24.3 Å². The zero-order valence-electron chi connectivity index (χ0n) is 16.2. The zero-order valence-corrected chi connectivity index (χ0v) is 17.0. The molecule has 1 N–H and O–H groups in total. The molecule has 0 aromatic heterocycles. The molecule has 1 aliphatic heterocycles. The van der Waals surface area contributed by atoms with Crippen molar-refractivity contribution in [2.75, 3.05) is 26.3 Å². The fourth-order valence-corrected chi connectivity index (χ4v) is 4.92. The Morgan fingerprint density at radius 1 is 1.24 bits per heavy atom. The Balaban J connectivity index is 1.71. The van der Waals surface area contributed by atoms with Crippen LogP contribution in [0.3, 0.4) is 0 Å². The highest BCUT2D eigenvalue weighted by atomic mass is 32.2. The number of nitrogens with zero attached hydrogens (tertiary/aromatic N) is 1. The lowest BCUT2D eigenvalue weighted by molar-refractivity contribution is -0.129. The van der Waals surface area contributed by atoms with E-state index in [1.54, 1.807) is 0 Å². The molecular weight excluding hydrogens is 403 g/mol. The molecule has 8 nitrogen and oxygen atoms in total. The highest BCUT2D eigenvalue weighted by Gasteiger charge is 2.30. The summed E-state index contributed by atoms with van der Waals surface area (Å²) >= 11 is 0. The summed E-state index contributed by atoms with van der Waals surface area (Å²) in [4.78, 5) is 24.0. The van der Waals surface area contributed by atoms with Crippen molar-refractivity contribution in [2.45, 2.75) is 49.6 Å². The molecule has 160 valence electrons. The van der Waals surface area contributed by atoms with E-state index < -0.39 is 38.7 Å². The lowest BCUT2D eigenvalue weighted by atomic mass is 10.2. The van der Waals surface area contributed by atoms with Crippen LogP contribution in [0, 0.1) is 5.82 Å². The quantitative estimate of drug-likeness (QED) is 0.688. The summed E-state index contributed by atoms with van der Waals surface area (Å²) in [5.41, 5.74) is -0.140. The summed E-state index contributed by atoms with van der Waals surface area (Å²) in [6.45, 7) is 2.09. The van der Waals surface area contributed by atoms with Crippen LogP contribution in [0.1, 0.15) is 43.0 Å². The maximum absolute atomic E-state index is 14.2. The van der Waals surface area contributed by atoms with Crippen LogP contribution < -0.4 is 5.32 Å². The highest BCUT2D eigenvalue weighted by molar-refractivity contribution is 7.89. The highest BCUT2D eigenvalue weighted by Crippen LogP contribution is 2.23. The normalized spacial score (nSPS) is 19.7. The molecule has 0 spiro atoms. The number of morpholine rings is 1. The minimum Gasteiger partial charge on any atom is -0.449 e. The largest absolute Gasteiger partial charge is 0.449 e. The molecule has 29 heavy (non-hydrogen) atoms. The average molecular weight is 428 g/mol. The van der Waals surface area contributed by atoms with Crippen LogP contribution in [0.2, 0.25) is 0 Å². The van der Waals surface area contributed by atoms with Crippen molar-refractivity contribution in [1.82, 2.24) is 9.62 Å². The van der Waals surface area contributed by atoms with Gasteiger partial charge in [-0.3, -0.25) is 4.79 Å². The summed E-state index contributed by atoms with van der Waals surface area (Å²) in [5, 5.41) is 2.83. The van der Waals surface area contributed by atoms with E-state index >= 15 is 0 Å². The molecule has 1 aliphatic carbocycles. The molecule has 1 atom stereocenters. The van der Waals surface area contributed by atoms with E-state index in [-0.39, 0.29) is 37.9 Å². The number of benzene rings is 1. The third-order valence-electron chi connectivity index (χ3n) is 5.11. The van der Waals surface area contributed by atoms with Crippen molar-refractivity contribution < 1.29 is 31.9 Å². The third-order valence-corrected chi connectivity index (χ3v) is 7.02. The van der Waals surface area contributed by atoms with Gasteiger partial charge in [0.2, 0.25) is 10.0 Å². The first-order chi connectivity index (χ1) is 13.8. The topological polar surface area (TPSA) is 102 Å². The van der Waals surface area contributed by atoms with Gasteiger partial charge in [-0.15, -0.1) is 0 Å². The smallest absolute Gasteiger partial charge is 0.338 e. The Morgan fingerprint density at radius 2 is 1.90 bits per heavy atom. The van der Waals surface area contributed by atoms with Gasteiger partial charge >= 0.3 is 5.97 Å². The molecule has 1 aromatic carbocycles. The maximum atomic E-state index is 14.2. The Hall–Kier alpha value is -2.04. The summed E-state index contributed by atoms with van der Waals surface area (Å²) in [6.07, 6.45) is 2.84. The molecule has 1 amide bonds. The van der Waals surface area contributed by atoms with Crippen molar-refractivity contribution in [2.24, 2.45) is 0 Å². The number of amides is 1. The Kier molecular flexibility index (Phi) is 6.86. The van der Waals surface area contributed by atoms with Crippen LogP contribution in [0.25, 0.3) is 0 Å². The molecule has 1 saturated heterocycles. The van der Waals surface area contributed by atoms with Crippen LogP contribution in [0.15, 0.2) is 23.1 Å². The van der Waals surface area contributed by atoms with E-state index in [4.69, 9.17) is 9.47 Å². The molecule has 2 fully saturated rings. The van der Waals surface area contributed by atoms with Gasteiger partial charge in [0.15, 0.2) is 6.10 Å². The molecule has 0 bridgehead atoms. The molecule has 1 heterocycles. The lowest BCUT2D eigenvalue weighted by Crippen LogP contribution is -2.41. The summed E-state index contributed by atoms with van der Waals surface area (Å²) in [6, 6.07) is 3.08. The van der Waals surface area contributed by atoms with Gasteiger partial charge in [0, 0.05) is 19.1 Å². The molecule has 1 saturated carbocycles. The first-order valence-electron chi connectivity index (χ1n) is 9.68. The zero-order chi connectivity index (χ0) is 21.0. The van der Waals surface area contributed by atoms with Crippen molar-refractivity contribution in [3.8, 4) is 0 Å². The fraction of sp³-hybridized carbons (Fsp3) is 0.579. The van der Waals surface area contributed by atoms with Crippen molar-refractivity contribution in [3.05, 3.63) is 29.6 Å². The van der Waals surface area contributed by atoms with Crippen molar-refractivity contribution in [1.29, 1.82) is 0 Å². The number of hydrogen-bond donors (Lipinski definition) is 1. The first-order valence-corrected chi connectivity index (χ1v) is 11.1. The van der Waals surface area contributed by atoms with E-state index in [1.807, 2.05) is 0 Å². The van der Waals surface area contributed by atoms with Gasteiger partial charge < -0.3 is 14.8 Å². The van der Waals surface area contributed by atoms with Gasteiger partial charge in [-0.25, -0.2) is 17.6 Å². The van der Waals surface area contributed by atoms with Gasteiger partial charge in [0.05, 0.1) is 18.8 Å². The van der Waals surface area contributed by atoms with E-state index in [0.717, 1.165) is 48.2 Å². The van der Waals surface area contributed by atoms with Crippen molar-refractivity contribution in [3.63, 3.8) is 0 Å². The number of rotatable bonds is 6. The number of carbonyl (C=O) groups is 2. The minimum atomic E-state index is -4.12. The minimum absolute atomic E-state index is 0.0831. The summed E-state index contributed by atoms with van der Waals surface area (Å²) in [7, 11) is -4.12. The lowest BCUT2D eigenvalue weighted by Gasteiger charge is -2.26. The monoisotopic (exact) mass is 428 g/mol. The maximum Gasteiger partial charge on any atom is 0.338 e. The standard InChI is InChI=1S/C19H25FN2O6S/c1-13(18(23)21-15-4-2-3-5-15)28-19(24)14-6-7-16(20)17(12-14)29(25,26)22-8-10-27-11-9-22/h6-7,12-13,15H,2-5,8-11H2,1H3,(H,21,23)/t13-/m0/s1. The SMILES string of the molecule is C[C@H](OC(=O)c1ccc(F)c(S(=O)(=O)N2CCOCC2)c1)C(=O)NC1CCCC1. The number of nitrogens with one attached hydrogen (secondary N) is 1. The molecule has 3 rings (SSSR count).